The van der Waals surface area contributed by atoms with E-state index >= 15 is 0 Å². The van der Waals surface area contributed by atoms with Crippen LogP contribution in [-0.2, 0) is 10.0 Å². The van der Waals surface area contributed by atoms with E-state index in [-0.39, 0.29) is 27.2 Å². The highest BCUT2D eigenvalue weighted by molar-refractivity contribution is 7.90. The molecule has 0 spiro atoms. The zero-order valence-electron chi connectivity index (χ0n) is 9.33. The Kier molecular flexibility index (Phi) is 4.66. The van der Waals surface area contributed by atoms with Crippen LogP contribution in [0.4, 0.5) is 10.5 Å². The third-order valence-electron chi connectivity index (χ3n) is 1.87. The van der Waals surface area contributed by atoms with E-state index in [1.165, 1.54) is 12.1 Å². The number of urea groups is 1. The van der Waals surface area contributed by atoms with E-state index in [0.717, 1.165) is 0 Å². The van der Waals surface area contributed by atoms with Crippen LogP contribution in [0.3, 0.4) is 0 Å². The molecule has 0 aliphatic rings. The van der Waals surface area contributed by atoms with Crippen LogP contribution < -0.4 is 15.8 Å². The van der Waals surface area contributed by atoms with Crippen molar-refractivity contribution < 1.29 is 13.2 Å². The summed E-state index contributed by atoms with van der Waals surface area (Å²) in [6.07, 6.45) is 0. The number of hydrogen-bond donors (Lipinski definition) is 3. The van der Waals surface area contributed by atoms with Gasteiger partial charge in [-0.05, 0) is 19.1 Å². The SMILES string of the molecule is CCNC(=O)NS(=O)(=O)c1c(N)cc(Cl)cc1Cl. The van der Waals surface area contributed by atoms with E-state index in [9.17, 15) is 13.2 Å². The average Bonchev–Trinajstić information content (AvgIpc) is 2.13. The number of rotatable bonds is 3. The normalized spacial score (nSPS) is 11.1. The summed E-state index contributed by atoms with van der Waals surface area (Å²) in [6.45, 7) is 1.93. The molecule has 0 aliphatic heterocycles. The van der Waals surface area contributed by atoms with E-state index < -0.39 is 16.1 Å². The summed E-state index contributed by atoms with van der Waals surface area (Å²) in [6, 6.07) is 1.61. The Morgan fingerprint density at radius 3 is 2.50 bits per heavy atom. The van der Waals surface area contributed by atoms with E-state index in [4.69, 9.17) is 28.9 Å². The first-order chi connectivity index (χ1) is 8.27. The summed E-state index contributed by atoms with van der Waals surface area (Å²) in [5, 5.41) is 2.33. The van der Waals surface area contributed by atoms with Gasteiger partial charge < -0.3 is 11.1 Å². The maximum Gasteiger partial charge on any atom is 0.328 e. The fourth-order valence-electron chi connectivity index (χ4n) is 1.23. The molecular formula is C9H11Cl2N3O3S. The summed E-state index contributed by atoms with van der Waals surface area (Å²) in [4.78, 5) is 10.8. The summed E-state index contributed by atoms with van der Waals surface area (Å²) in [7, 11) is -4.14. The van der Waals surface area contributed by atoms with Crippen molar-refractivity contribution >= 4 is 44.9 Å². The first-order valence-corrected chi connectivity index (χ1v) is 7.07. The van der Waals surface area contributed by atoms with E-state index in [1.807, 2.05) is 0 Å². The number of benzene rings is 1. The van der Waals surface area contributed by atoms with Crippen molar-refractivity contribution in [3.8, 4) is 0 Å². The van der Waals surface area contributed by atoms with Crippen molar-refractivity contribution in [2.45, 2.75) is 11.8 Å². The molecule has 4 N–H and O–H groups in total. The van der Waals surface area contributed by atoms with Crippen molar-refractivity contribution in [1.82, 2.24) is 10.0 Å². The van der Waals surface area contributed by atoms with Crippen LogP contribution in [0.5, 0.6) is 0 Å². The van der Waals surface area contributed by atoms with E-state index in [2.05, 4.69) is 5.32 Å². The van der Waals surface area contributed by atoms with Gasteiger partial charge in [-0.2, -0.15) is 0 Å². The molecule has 0 bridgehead atoms. The van der Waals surface area contributed by atoms with E-state index in [1.54, 1.807) is 11.6 Å². The predicted octanol–water partition coefficient (Wildman–Crippen LogP) is 1.58. The Labute approximate surface area is 114 Å². The highest BCUT2D eigenvalue weighted by atomic mass is 35.5. The molecule has 0 atom stereocenters. The molecule has 1 aromatic carbocycles. The van der Waals surface area contributed by atoms with Crippen LogP contribution >= 0.6 is 23.2 Å². The van der Waals surface area contributed by atoms with Gasteiger partial charge in [-0.25, -0.2) is 17.9 Å². The summed E-state index contributed by atoms with van der Waals surface area (Å²) in [5.74, 6) is 0. The molecule has 0 radical (unpaired) electrons. The molecule has 18 heavy (non-hydrogen) atoms. The lowest BCUT2D eigenvalue weighted by Crippen LogP contribution is -2.39. The Balaban J connectivity index is 3.17. The molecule has 0 saturated heterocycles. The highest BCUT2D eigenvalue weighted by Gasteiger charge is 2.23. The monoisotopic (exact) mass is 311 g/mol. The zero-order chi connectivity index (χ0) is 13.9. The fraction of sp³-hybridized carbons (Fsp3) is 0.222. The maximum atomic E-state index is 11.9. The van der Waals surface area contributed by atoms with Crippen LogP contribution in [0.2, 0.25) is 10.0 Å². The molecule has 1 rings (SSSR count). The van der Waals surface area contributed by atoms with Gasteiger partial charge in [0.2, 0.25) is 0 Å². The van der Waals surface area contributed by atoms with Crippen molar-refractivity contribution in [3.63, 3.8) is 0 Å². The summed E-state index contributed by atoms with van der Waals surface area (Å²) in [5.41, 5.74) is 5.40. The lowest BCUT2D eigenvalue weighted by Gasteiger charge is -2.11. The number of halogens is 2. The topological polar surface area (TPSA) is 101 Å². The number of nitrogens with one attached hydrogen (secondary N) is 2. The molecule has 100 valence electrons. The Bertz CT molecular complexity index is 551. The Morgan fingerprint density at radius 2 is 2.00 bits per heavy atom. The Morgan fingerprint density at radius 1 is 1.39 bits per heavy atom. The first-order valence-electron chi connectivity index (χ1n) is 4.83. The molecule has 0 fully saturated rings. The Hall–Kier alpha value is -1.18. The fourth-order valence-corrected chi connectivity index (χ4v) is 3.15. The van der Waals surface area contributed by atoms with Crippen molar-refractivity contribution in [2.75, 3.05) is 12.3 Å². The van der Waals surface area contributed by atoms with Crippen LogP contribution in [-0.4, -0.2) is 21.0 Å². The second kappa shape index (κ2) is 5.64. The zero-order valence-corrected chi connectivity index (χ0v) is 11.7. The van der Waals surface area contributed by atoms with Gasteiger partial charge in [-0.1, -0.05) is 23.2 Å². The van der Waals surface area contributed by atoms with Gasteiger partial charge in [0.25, 0.3) is 10.0 Å². The van der Waals surface area contributed by atoms with Gasteiger partial charge >= 0.3 is 6.03 Å². The quantitative estimate of drug-likeness (QED) is 0.738. The third-order valence-corrected chi connectivity index (χ3v) is 3.95. The van der Waals surface area contributed by atoms with Gasteiger partial charge in [0.15, 0.2) is 0 Å². The summed E-state index contributed by atoms with van der Waals surface area (Å²) < 4.78 is 25.6. The minimum absolute atomic E-state index is 0.135. The molecule has 6 nitrogen and oxygen atoms in total. The second-order valence-electron chi connectivity index (χ2n) is 3.27. The molecule has 0 unspecified atom stereocenters. The van der Waals surface area contributed by atoms with Gasteiger partial charge in [0.1, 0.15) is 4.90 Å². The number of hydrogen-bond acceptors (Lipinski definition) is 4. The minimum Gasteiger partial charge on any atom is -0.398 e. The lowest BCUT2D eigenvalue weighted by atomic mass is 10.3. The number of carbonyl (C=O) groups excluding carboxylic acids is 1. The number of anilines is 1. The van der Waals surface area contributed by atoms with Crippen molar-refractivity contribution in [3.05, 3.63) is 22.2 Å². The van der Waals surface area contributed by atoms with Crippen LogP contribution in [0.15, 0.2) is 17.0 Å². The second-order valence-corrected chi connectivity index (χ2v) is 5.73. The molecule has 1 aromatic rings. The minimum atomic E-state index is -4.14. The van der Waals surface area contributed by atoms with Crippen molar-refractivity contribution in [2.24, 2.45) is 0 Å². The molecule has 0 aliphatic carbocycles. The van der Waals surface area contributed by atoms with Crippen molar-refractivity contribution in [1.29, 1.82) is 0 Å². The number of nitrogens with two attached hydrogens (primary N) is 1. The van der Waals surface area contributed by atoms with Crippen LogP contribution in [0, 0.1) is 0 Å². The molecule has 2 amide bonds. The number of sulfonamides is 1. The number of nitrogen functional groups attached to an aromatic ring is 1. The van der Waals surface area contributed by atoms with Gasteiger partial charge in [-0.15, -0.1) is 0 Å². The maximum absolute atomic E-state index is 11.9. The average molecular weight is 312 g/mol. The molecule has 0 aromatic heterocycles. The number of carbonyl (C=O) groups is 1. The lowest BCUT2D eigenvalue weighted by molar-refractivity contribution is 0.246. The van der Waals surface area contributed by atoms with Gasteiger partial charge in [0, 0.05) is 11.6 Å². The number of amides is 2. The van der Waals surface area contributed by atoms with Gasteiger partial charge in [0.05, 0.1) is 10.7 Å². The third kappa shape index (κ3) is 3.41. The molecule has 0 heterocycles. The van der Waals surface area contributed by atoms with Gasteiger partial charge in [-0.3, -0.25) is 0 Å². The summed E-state index contributed by atoms with van der Waals surface area (Å²) >= 11 is 11.4. The smallest absolute Gasteiger partial charge is 0.328 e. The predicted molar refractivity (Wildman–Crippen MR) is 70.3 cm³/mol. The van der Waals surface area contributed by atoms with Crippen LogP contribution in [0.25, 0.3) is 0 Å². The first kappa shape index (κ1) is 14.9. The van der Waals surface area contributed by atoms with E-state index in [0.29, 0.717) is 0 Å². The van der Waals surface area contributed by atoms with Crippen LogP contribution in [0.1, 0.15) is 6.92 Å². The molecule has 0 saturated carbocycles. The molecule has 9 heteroatoms. The standard InChI is InChI=1S/C9H11Cl2N3O3S/c1-2-13-9(15)14-18(16,17)8-6(11)3-5(10)4-7(8)12/h3-4H,2,12H2,1H3,(H2,13,14,15). The largest absolute Gasteiger partial charge is 0.398 e. The molecular weight excluding hydrogens is 301 g/mol. The highest BCUT2D eigenvalue weighted by Crippen LogP contribution is 2.30.